The van der Waals surface area contributed by atoms with Crippen LogP contribution in [0.2, 0.25) is 0 Å². The minimum absolute atomic E-state index is 0.210. The number of carbonyl (C=O) groups excluding carboxylic acids is 1. The Bertz CT molecular complexity index is 614. The molecule has 8 heteroatoms. The van der Waals surface area contributed by atoms with Gasteiger partial charge in [0, 0.05) is 24.8 Å². The number of urea groups is 1. The molecule has 1 heterocycles. The molecule has 0 atom stereocenters. The van der Waals surface area contributed by atoms with E-state index in [1.165, 1.54) is 14.2 Å². The van der Waals surface area contributed by atoms with Crippen molar-refractivity contribution in [3.05, 3.63) is 36.4 Å². The summed E-state index contributed by atoms with van der Waals surface area (Å²) in [5.74, 6) is 0.952. The predicted octanol–water partition coefficient (Wildman–Crippen LogP) is 1.73. The summed E-state index contributed by atoms with van der Waals surface area (Å²) in [6, 6.07) is 10.8. The van der Waals surface area contributed by atoms with E-state index in [1.54, 1.807) is 6.07 Å². The Morgan fingerprint density at radius 2 is 1.87 bits per heavy atom. The summed E-state index contributed by atoms with van der Waals surface area (Å²) in [7, 11) is 3.00. The summed E-state index contributed by atoms with van der Waals surface area (Å²) in [6.45, 7) is 0.916. The average Bonchev–Trinajstić information content (AvgIpc) is 2.59. The van der Waals surface area contributed by atoms with Crippen molar-refractivity contribution in [1.29, 1.82) is 0 Å². The van der Waals surface area contributed by atoms with E-state index in [-0.39, 0.29) is 12.0 Å². The number of nitrogens with zero attached hydrogens (tertiary/aromatic N) is 2. The van der Waals surface area contributed by atoms with Gasteiger partial charge in [-0.25, -0.2) is 4.79 Å². The molecule has 0 unspecified atom stereocenters. The van der Waals surface area contributed by atoms with Crippen LogP contribution in [-0.4, -0.2) is 43.3 Å². The number of hydrogen-bond acceptors (Lipinski definition) is 6. The second-order valence-corrected chi connectivity index (χ2v) is 4.46. The van der Waals surface area contributed by atoms with E-state index >= 15 is 0 Å². The lowest BCUT2D eigenvalue weighted by Crippen LogP contribution is -2.32. The highest BCUT2D eigenvalue weighted by atomic mass is 16.5. The van der Waals surface area contributed by atoms with E-state index in [2.05, 4.69) is 25.9 Å². The lowest BCUT2D eigenvalue weighted by molar-refractivity contribution is 0.252. The fourth-order valence-electron chi connectivity index (χ4n) is 1.75. The summed E-state index contributed by atoms with van der Waals surface area (Å²) in [4.78, 5) is 19.8. The number of anilines is 2. The number of ether oxygens (including phenoxy) is 2. The standard InChI is InChI=1S/C15H19N5O3/c1-22-13-10-12(19-15(20-13)23-2)16-8-9-17-14(21)18-11-6-4-3-5-7-11/h3-7,10H,8-9H2,1-2H3,(H,16,19,20)(H2,17,18,21). The summed E-state index contributed by atoms with van der Waals surface area (Å²) in [5, 5.41) is 8.53. The maximum atomic E-state index is 11.7. The summed E-state index contributed by atoms with van der Waals surface area (Å²) in [5.41, 5.74) is 0.739. The molecule has 0 saturated heterocycles. The molecule has 0 fully saturated rings. The van der Waals surface area contributed by atoms with Crippen molar-refractivity contribution in [3.8, 4) is 11.9 Å². The van der Waals surface area contributed by atoms with Crippen molar-refractivity contribution in [1.82, 2.24) is 15.3 Å². The lowest BCUT2D eigenvalue weighted by atomic mass is 10.3. The van der Waals surface area contributed by atoms with Crippen LogP contribution in [0, 0.1) is 0 Å². The van der Waals surface area contributed by atoms with Crippen molar-refractivity contribution < 1.29 is 14.3 Å². The predicted molar refractivity (Wildman–Crippen MR) is 87.1 cm³/mol. The topological polar surface area (TPSA) is 97.4 Å². The van der Waals surface area contributed by atoms with Gasteiger partial charge in [-0.1, -0.05) is 18.2 Å². The van der Waals surface area contributed by atoms with Crippen LogP contribution < -0.4 is 25.4 Å². The molecule has 0 bridgehead atoms. The van der Waals surface area contributed by atoms with Gasteiger partial charge in [-0.3, -0.25) is 0 Å². The van der Waals surface area contributed by atoms with Gasteiger partial charge in [0.15, 0.2) is 0 Å². The van der Waals surface area contributed by atoms with Crippen LogP contribution >= 0.6 is 0 Å². The highest BCUT2D eigenvalue weighted by molar-refractivity contribution is 5.89. The molecule has 0 aliphatic heterocycles. The van der Waals surface area contributed by atoms with Crippen LogP contribution in [0.5, 0.6) is 11.9 Å². The number of aromatic nitrogens is 2. The van der Waals surface area contributed by atoms with E-state index in [9.17, 15) is 4.79 Å². The average molecular weight is 317 g/mol. The Morgan fingerprint density at radius 3 is 2.57 bits per heavy atom. The highest BCUT2D eigenvalue weighted by Crippen LogP contribution is 2.16. The molecule has 2 rings (SSSR count). The number of rotatable bonds is 7. The normalized spacial score (nSPS) is 9.83. The third-order valence-electron chi connectivity index (χ3n) is 2.82. The van der Waals surface area contributed by atoms with Crippen molar-refractivity contribution in [2.24, 2.45) is 0 Å². The number of carbonyl (C=O) groups is 1. The van der Waals surface area contributed by atoms with E-state index < -0.39 is 0 Å². The minimum atomic E-state index is -0.268. The molecule has 0 aliphatic carbocycles. The molecule has 23 heavy (non-hydrogen) atoms. The Hall–Kier alpha value is -3.03. The number of para-hydroxylation sites is 1. The molecule has 0 radical (unpaired) electrons. The van der Waals surface area contributed by atoms with Crippen LogP contribution in [0.4, 0.5) is 16.3 Å². The summed E-state index contributed by atoms with van der Waals surface area (Å²) < 4.78 is 10.0. The zero-order chi connectivity index (χ0) is 16.5. The third-order valence-corrected chi connectivity index (χ3v) is 2.82. The monoisotopic (exact) mass is 317 g/mol. The molecular weight excluding hydrogens is 298 g/mol. The zero-order valence-electron chi connectivity index (χ0n) is 13.0. The SMILES string of the molecule is COc1cc(NCCNC(=O)Nc2ccccc2)nc(OC)n1. The van der Waals surface area contributed by atoms with Crippen molar-refractivity contribution >= 4 is 17.5 Å². The van der Waals surface area contributed by atoms with Crippen molar-refractivity contribution in [2.75, 3.05) is 37.9 Å². The van der Waals surface area contributed by atoms with Crippen molar-refractivity contribution in [2.45, 2.75) is 0 Å². The largest absolute Gasteiger partial charge is 0.481 e. The second kappa shape index (κ2) is 8.42. The van der Waals surface area contributed by atoms with Gasteiger partial charge in [-0.15, -0.1) is 0 Å². The zero-order valence-corrected chi connectivity index (χ0v) is 13.0. The van der Waals surface area contributed by atoms with Gasteiger partial charge in [0.05, 0.1) is 14.2 Å². The summed E-state index contributed by atoms with van der Waals surface area (Å²) >= 11 is 0. The van der Waals surface area contributed by atoms with Gasteiger partial charge in [0.1, 0.15) is 5.82 Å². The maximum absolute atomic E-state index is 11.7. The molecule has 3 N–H and O–H groups in total. The fraction of sp³-hybridized carbons (Fsp3) is 0.267. The fourth-order valence-corrected chi connectivity index (χ4v) is 1.75. The number of benzene rings is 1. The first kappa shape index (κ1) is 16.3. The van der Waals surface area contributed by atoms with Crippen LogP contribution in [-0.2, 0) is 0 Å². The van der Waals surface area contributed by atoms with Crippen molar-refractivity contribution in [3.63, 3.8) is 0 Å². The van der Waals surface area contributed by atoms with E-state index in [1.807, 2.05) is 30.3 Å². The van der Waals surface area contributed by atoms with Gasteiger partial charge in [0.25, 0.3) is 0 Å². The molecule has 122 valence electrons. The van der Waals surface area contributed by atoms with Gasteiger partial charge >= 0.3 is 12.0 Å². The molecule has 1 aromatic heterocycles. The quantitative estimate of drug-likeness (QED) is 0.673. The summed E-state index contributed by atoms with van der Waals surface area (Å²) in [6.07, 6.45) is 0. The Balaban J connectivity index is 1.76. The minimum Gasteiger partial charge on any atom is -0.481 e. The van der Waals surface area contributed by atoms with Crippen LogP contribution in [0.1, 0.15) is 0 Å². The van der Waals surface area contributed by atoms with Gasteiger partial charge < -0.3 is 25.4 Å². The van der Waals surface area contributed by atoms with Crippen LogP contribution in [0.25, 0.3) is 0 Å². The number of hydrogen-bond donors (Lipinski definition) is 3. The third kappa shape index (κ3) is 5.34. The first-order valence-electron chi connectivity index (χ1n) is 7.02. The smallest absolute Gasteiger partial charge is 0.321 e. The second-order valence-electron chi connectivity index (χ2n) is 4.46. The first-order chi connectivity index (χ1) is 11.2. The molecule has 0 saturated carbocycles. The highest BCUT2D eigenvalue weighted by Gasteiger charge is 2.05. The molecule has 2 aromatic rings. The van der Waals surface area contributed by atoms with E-state index in [4.69, 9.17) is 9.47 Å². The molecule has 8 nitrogen and oxygen atoms in total. The molecule has 0 spiro atoms. The maximum Gasteiger partial charge on any atom is 0.321 e. The lowest BCUT2D eigenvalue weighted by Gasteiger charge is -2.10. The molecule has 1 aromatic carbocycles. The van der Waals surface area contributed by atoms with Crippen LogP contribution in [0.15, 0.2) is 36.4 Å². The first-order valence-corrected chi connectivity index (χ1v) is 7.02. The Morgan fingerprint density at radius 1 is 1.09 bits per heavy atom. The number of methoxy groups -OCH3 is 2. The van der Waals surface area contributed by atoms with Crippen LogP contribution in [0.3, 0.4) is 0 Å². The van der Waals surface area contributed by atoms with Gasteiger partial charge in [0.2, 0.25) is 5.88 Å². The van der Waals surface area contributed by atoms with E-state index in [0.29, 0.717) is 24.8 Å². The number of amides is 2. The Labute approximate surface area is 134 Å². The Kier molecular flexibility index (Phi) is 5.98. The molecule has 2 amide bonds. The van der Waals surface area contributed by atoms with Gasteiger partial charge in [-0.2, -0.15) is 9.97 Å². The molecular formula is C15H19N5O3. The molecule has 0 aliphatic rings. The van der Waals surface area contributed by atoms with Gasteiger partial charge in [-0.05, 0) is 12.1 Å². The van der Waals surface area contributed by atoms with E-state index in [0.717, 1.165) is 5.69 Å². The number of nitrogens with one attached hydrogen (secondary N) is 3.